The van der Waals surface area contributed by atoms with Crippen LogP contribution in [0.25, 0.3) is 0 Å². The van der Waals surface area contributed by atoms with Gasteiger partial charge < -0.3 is 10.4 Å². The van der Waals surface area contributed by atoms with Gasteiger partial charge in [0.15, 0.2) is 0 Å². The fraction of sp³-hybridized carbons (Fsp3) is 0.333. The second-order valence-corrected chi connectivity index (χ2v) is 4.19. The zero-order valence-corrected chi connectivity index (χ0v) is 10.7. The van der Waals surface area contributed by atoms with Crippen LogP contribution in [0.1, 0.15) is 41.6 Å². The molecule has 0 bridgehead atoms. The molecule has 0 aliphatic rings. The van der Waals surface area contributed by atoms with Crippen molar-refractivity contribution in [1.82, 2.24) is 5.32 Å². The van der Waals surface area contributed by atoms with Crippen LogP contribution in [0, 0.1) is 12.3 Å². The molecule has 0 aromatic heterocycles. The Kier molecular flexibility index (Phi) is 6.17. The molecule has 0 aliphatic heterocycles. The van der Waals surface area contributed by atoms with E-state index in [-0.39, 0.29) is 11.5 Å². The Balaban J connectivity index is 2.30. The van der Waals surface area contributed by atoms with E-state index in [1.807, 2.05) is 0 Å². The predicted octanol–water partition coefficient (Wildman–Crippen LogP) is 2.19. The quantitative estimate of drug-likeness (QED) is 0.582. The minimum absolute atomic E-state index is 0.0145. The first-order valence-electron chi connectivity index (χ1n) is 6.16. The first-order chi connectivity index (χ1) is 9.13. The molecule has 0 aliphatic carbocycles. The van der Waals surface area contributed by atoms with Crippen molar-refractivity contribution in [3.63, 3.8) is 0 Å². The van der Waals surface area contributed by atoms with Gasteiger partial charge in [-0.15, -0.1) is 12.3 Å². The van der Waals surface area contributed by atoms with Gasteiger partial charge in [-0.3, -0.25) is 4.79 Å². The summed E-state index contributed by atoms with van der Waals surface area (Å²) in [6.45, 7) is 0.411. The monoisotopic (exact) mass is 259 g/mol. The van der Waals surface area contributed by atoms with E-state index in [4.69, 9.17) is 11.5 Å². The molecule has 2 N–H and O–H groups in total. The van der Waals surface area contributed by atoms with Crippen LogP contribution in [0.2, 0.25) is 0 Å². The summed E-state index contributed by atoms with van der Waals surface area (Å²) in [4.78, 5) is 22.2. The van der Waals surface area contributed by atoms with E-state index in [0.717, 1.165) is 18.4 Å². The molecule has 1 amide bonds. The lowest BCUT2D eigenvalue weighted by Gasteiger charge is -2.05. The van der Waals surface area contributed by atoms with Crippen LogP contribution in [0.5, 0.6) is 0 Å². The summed E-state index contributed by atoms with van der Waals surface area (Å²) in [5.74, 6) is 1.56. The molecule has 19 heavy (non-hydrogen) atoms. The van der Waals surface area contributed by atoms with E-state index in [1.165, 1.54) is 12.1 Å². The Hall–Kier alpha value is -2.28. The largest absolute Gasteiger partial charge is 0.478 e. The standard InChI is InChI=1S/C15H17NO3/c1-2-3-4-5-6-14(17)16-11-12-7-9-13(10-8-12)15(18)19/h1,7-10H,3-6,11H2,(H,16,17)(H,18,19). The van der Waals surface area contributed by atoms with Gasteiger partial charge in [0.2, 0.25) is 5.91 Å². The van der Waals surface area contributed by atoms with Crippen LogP contribution >= 0.6 is 0 Å². The van der Waals surface area contributed by atoms with Crippen molar-refractivity contribution in [1.29, 1.82) is 0 Å². The van der Waals surface area contributed by atoms with E-state index >= 15 is 0 Å². The molecule has 1 aromatic carbocycles. The molecule has 100 valence electrons. The molecule has 0 saturated carbocycles. The van der Waals surface area contributed by atoms with Gasteiger partial charge in [0.25, 0.3) is 0 Å². The van der Waals surface area contributed by atoms with Gasteiger partial charge >= 0.3 is 5.97 Å². The minimum Gasteiger partial charge on any atom is -0.478 e. The Morgan fingerprint density at radius 3 is 2.47 bits per heavy atom. The summed E-state index contributed by atoms with van der Waals surface area (Å²) in [6.07, 6.45) is 7.93. The van der Waals surface area contributed by atoms with Crippen LogP contribution in [-0.2, 0) is 11.3 Å². The minimum atomic E-state index is -0.955. The Morgan fingerprint density at radius 2 is 1.89 bits per heavy atom. The highest BCUT2D eigenvalue weighted by Gasteiger charge is 2.03. The summed E-state index contributed by atoms with van der Waals surface area (Å²) < 4.78 is 0. The lowest BCUT2D eigenvalue weighted by atomic mass is 10.1. The molecule has 1 aromatic rings. The highest BCUT2D eigenvalue weighted by molar-refractivity contribution is 5.87. The van der Waals surface area contributed by atoms with Crippen LogP contribution in [0.15, 0.2) is 24.3 Å². The number of unbranched alkanes of at least 4 members (excludes halogenated alkanes) is 2. The maximum atomic E-state index is 11.5. The molecule has 0 radical (unpaired) electrons. The third-order valence-electron chi connectivity index (χ3n) is 2.67. The van der Waals surface area contributed by atoms with Crippen LogP contribution in [0.3, 0.4) is 0 Å². The maximum Gasteiger partial charge on any atom is 0.335 e. The predicted molar refractivity (Wildman–Crippen MR) is 72.5 cm³/mol. The number of amides is 1. The normalized spacial score (nSPS) is 9.63. The van der Waals surface area contributed by atoms with Crippen molar-refractivity contribution >= 4 is 11.9 Å². The number of aromatic carboxylic acids is 1. The lowest BCUT2D eigenvalue weighted by molar-refractivity contribution is -0.121. The molecule has 0 spiro atoms. The number of carbonyl (C=O) groups is 2. The third kappa shape index (κ3) is 5.73. The van der Waals surface area contributed by atoms with Crippen molar-refractivity contribution < 1.29 is 14.7 Å². The number of nitrogens with one attached hydrogen (secondary N) is 1. The number of terminal acetylenes is 1. The van der Waals surface area contributed by atoms with Gasteiger partial charge in [-0.25, -0.2) is 4.79 Å². The van der Waals surface area contributed by atoms with Crippen molar-refractivity contribution in [3.05, 3.63) is 35.4 Å². The fourth-order valence-electron chi connectivity index (χ4n) is 1.57. The summed E-state index contributed by atoms with van der Waals surface area (Å²) >= 11 is 0. The second kappa shape index (κ2) is 7.93. The summed E-state index contributed by atoms with van der Waals surface area (Å²) in [5, 5.41) is 11.5. The average Bonchev–Trinajstić information content (AvgIpc) is 2.42. The van der Waals surface area contributed by atoms with E-state index in [1.54, 1.807) is 12.1 Å². The number of carbonyl (C=O) groups excluding carboxylic acids is 1. The van der Waals surface area contributed by atoms with Crippen LogP contribution in [0.4, 0.5) is 0 Å². The first kappa shape index (κ1) is 14.8. The van der Waals surface area contributed by atoms with Crippen LogP contribution < -0.4 is 5.32 Å². The summed E-state index contributed by atoms with van der Waals surface area (Å²) in [5.41, 5.74) is 1.12. The number of hydrogen-bond donors (Lipinski definition) is 2. The van der Waals surface area contributed by atoms with Crippen molar-refractivity contribution in [3.8, 4) is 12.3 Å². The summed E-state index contributed by atoms with van der Waals surface area (Å²) in [6, 6.07) is 6.44. The zero-order chi connectivity index (χ0) is 14.1. The number of hydrogen-bond acceptors (Lipinski definition) is 2. The van der Waals surface area contributed by atoms with E-state index in [0.29, 0.717) is 19.4 Å². The highest BCUT2D eigenvalue weighted by Crippen LogP contribution is 2.05. The van der Waals surface area contributed by atoms with Gasteiger partial charge in [-0.05, 0) is 30.5 Å². The molecule has 4 heteroatoms. The van der Waals surface area contributed by atoms with E-state index in [9.17, 15) is 9.59 Å². The van der Waals surface area contributed by atoms with Crippen molar-refractivity contribution in [2.45, 2.75) is 32.2 Å². The molecular weight excluding hydrogens is 242 g/mol. The Bertz CT molecular complexity index is 471. The van der Waals surface area contributed by atoms with E-state index < -0.39 is 5.97 Å². The first-order valence-corrected chi connectivity index (χ1v) is 6.16. The third-order valence-corrected chi connectivity index (χ3v) is 2.67. The topological polar surface area (TPSA) is 66.4 Å². The van der Waals surface area contributed by atoms with Gasteiger partial charge in [-0.2, -0.15) is 0 Å². The van der Waals surface area contributed by atoms with Gasteiger partial charge in [0, 0.05) is 19.4 Å². The second-order valence-electron chi connectivity index (χ2n) is 4.19. The van der Waals surface area contributed by atoms with Crippen molar-refractivity contribution in [2.75, 3.05) is 0 Å². The molecule has 0 atom stereocenters. The molecule has 0 unspecified atom stereocenters. The van der Waals surface area contributed by atoms with E-state index in [2.05, 4.69) is 11.2 Å². The fourth-order valence-corrected chi connectivity index (χ4v) is 1.57. The zero-order valence-electron chi connectivity index (χ0n) is 10.7. The smallest absolute Gasteiger partial charge is 0.335 e. The lowest BCUT2D eigenvalue weighted by Crippen LogP contribution is -2.22. The summed E-state index contributed by atoms with van der Waals surface area (Å²) in [7, 11) is 0. The molecule has 1 rings (SSSR count). The maximum absolute atomic E-state index is 11.5. The Labute approximate surface area is 112 Å². The number of benzene rings is 1. The van der Waals surface area contributed by atoms with Gasteiger partial charge in [-0.1, -0.05) is 12.1 Å². The van der Waals surface area contributed by atoms with Crippen LogP contribution in [-0.4, -0.2) is 17.0 Å². The number of carboxylic acid groups (broad SMARTS) is 1. The van der Waals surface area contributed by atoms with Gasteiger partial charge in [0.05, 0.1) is 5.56 Å². The molecule has 0 saturated heterocycles. The number of carboxylic acids is 1. The number of rotatable bonds is 7. The Morgan fingerprint density at radius 1 is 1.21 bits per heavy atom. The highest BCUT2D eigenvalue weighted by atomic mass is 16.4. The van der Waals surface area contributed by atoms with Gasteiger partial charge in [0.1, 0.15) is 0 Å². The molecular formula is C15H17NO3. The SMILES string of the molecule is C#CCCCCC(=O)NCc1ccc(C(=O)O)cc1. The average molecular weight is 259 g/mol. The molecule has 0 heterocycles. The molecule has 4 nitrogen and oxygen atoms in total. The molecule has 0 fully saturated rings. The van der Waals surface area contributed by atoms with Crippen molar-refractivity contribution in [2.24, 2.45) is 0 Å².